The van der Waals surface area contributed by atoms with E-state index < -0.39 is 56.7 Å². The summed E-state index contributed by atoms with van der Waals surface area (Å²) in [5.41, 5.74) is 4.30. The molecule has 1 aliphatic heterocycles. The molecule has 0 unspecified atom stereocenters. The van der Waals surface area contributed by atoms with Gasteiger partial charge in [0.2, 0.25) is 17.4 Å². The molecule has 0 amide bonds. The molecule has 2 aromatic rings. The Morgan fingerprint density at radius 1 is 1.14 bits per heavy atom. The Labute approximate surface area is 159 Å². The van der Waals surface area contributed by atoms with Gasteiger partial charge in [0.1, 0.15) is 5.75 Å². The number of carbonyl (C=O) groups is 1. The summed E-state index contributed by atoms with van der Waals surface area (Å²) in [6, 6.07) is 11.3. The zero-order valence-electron chi connectivity index (χ0n) is 15.1. The molecule has 1 atom stereocenters. The Balaban J connectivity index is 1.87. The highest BCUT2D eigenvalue weighted by Gasteiger charge is 2.40. The fraction of sp³-hybridized carbons (Fsp3) is 0.167. The van der Waals surface area contributed by atoms with Gasteiger partial charge in [0.15, 0.2) is 6.08 Å². The highest BCUT2D eigenvalue weighted by Crippen LogP contribution is 2.36. The molecule has 0 fully saturated rings. The molecule has 0 saturated carbocycles. The molecule has 3 rings (SSSR count). The van der Waals surface area contributed by atoms with Gasteiger partial charge in [-0.15, -0.1) is 0 Å². The second-order valence-electron chi connectivity index (χ2n) is 5.80. The van der Waals surface area contributed by atoms with Gasteiger partial charge in [0, 0.05) is 5.56 Å². The first-order valence-corrected chi connectivity index (χ1v) is 9.37. The fourth-order valence-electron chi connectivity index (χ4n) is 2.46. The summed E-state index contributed by atoms with van der Waals surface area (Å²) >= 11 is 0. The van der Waals surface area contributed by atoms with Crippen LogP contribution in [0.1, 0.15) is 24.1 Å². The molecule has 0 spiro atoms. The van der Waals surface area contributed by atoms with Crippen LogP contribution in [0.25, 0.3) is 0 Å². The van der Waals surface area contributed by atoms with Crippen LogP contribution in [0.15, 0.2) is 66.2 Å². The number of nitrogens with two attached hydrogens (primary N) is 1. The quantitative estimate of drug-likeness (QED) is 0.756. The van der Waals surface area contributed by atoms with Crippen LogP contribution < -0.4 is 5.73 Å². The maximum atomic E-state index is 12.9. The summed E-state index contributed by atoms with van der Waals surface area (Å²) in [6.07, 6.45) is -7.42. The zero-order valence-corrected chi connectivity index (χ0v) is 14.9. The van der Waals surface area contributed by atoms with E-state index in [4.69, 9.17) is 16.0 Å². The van der Waals surface area contributed by atoms with Crippen LogP contribution in [-0.2, 0) is 35.8 Å². The zero-order chi connectivity index (χ0) is 21.4. The van der Waals surface area contributed by atoms with Gasteiger partial charge in [0.05, 0.1) is 6.93 Å². The van der Waals surface area contributed by atoms with Crippen molar-refractivity contribution in [3.8, 4) is 0 Å². The average Bonchev–Trinajstić information content (AvgIpc) is 2.85. The third-order valence-corrected chi connectivity index (χ3v) is 4.80. The standard InChI is InChI=1S/C18H14F3NO5S/c19-18(20,21)13-8-4-7-12(9-13)15-14(23)16(17(22)26-15)27-28(24,25)10-11-5-2-1-3-6-11/h1-9,15H,10,22H2/t15-/m1/s1/i15D. The first-order chi connectivity index (χ1) is 13.4. The van der Waals surface area contributed by atoms with Crippen molar-refractivity contribution in [2.75, 3.05) is 0 Å². The summed E-state index contributed by atoms with van der Waals surface area (Å²) in [4.78, 5) is 12.6. The largest absolute Gasteiger partial charge is 0.460 e. The molecule has 1 heterocycles. The van der Waals surface area contributed by atoms with Gasteiger partial charge in [-0.05, 0) is 17.7 Å². The Morgan fingerprint density at radius 2 is 1.82 bits per heavy atom. The van der Waals surface area contributed by atoms with Gasteiger partial charge >= 0.3 is 16.3 Å². The third-order valence-electron chi connectivity index (χ3n) is 3.70. The van der Waals surface area contributed by atoms with Crippen LogP contribution in [-0.4, -0.2) is 14.2 Å². The molecule has 0 aliphatic carbocycles. The van der Waals surface area contributed by atoms with Gasteiger partial charge in [-0.1, -0.05) is 42.5 Å². The van der Waals surface area contributed by atoms with E-state index >= 15 is 0 Å². The van der Waals surface area contributed by atoms with E-state index in [1.807, 2.05) is 0 Å². The van der Waals surface area contributed by atoms with Gasteiger partial charge in [-0.25, -0.2) is 0 Å². The molecule has 2 N–H and O–H groups in total. The Hall–Kier alpha value is -3.01. The van der Waals surface area contributed by atoms with E-state index in [1.165, 1.54) is 12.1 Å². The molecule has 0 aromatic heterocycles. The summed E-state index contributed by atoms with van der Waals surface area (Å²) in [6.45, 7) is 0. The number of hydrogen-bond acceptors (Lipinski definition) is 6. The van der Waals surface area contributed by atoms with Crippen LogP contribution in [0.5, 0.6) is 0 Å². The summed E-state index contributed by atoms with van der Waals surface area (Å²) in [5.74, 6) is -3.68. The lowest BCUT2D eigenvalue weighted by Crippen LogP contribution is -2.16. The van der Waals surface area contributed by atoms with Gasteiger partial charge in [-0.3, -0.25) is 4.79 Å². The monoisotopic (exact) mass is 414 g/mol. The molecular formula is C18H14F3NO5S. The predicted molar refractivity (Wildman–Crippen MR) is 91.6 cm³/mol. The van der Waals surface area contributed by atoms with Gasteiger partial charge in [-0.2, -0.15) is 21.6 Å². The van der Waals surface area contributed by atoms with Crippen molar-refractivity contribution in [3.63, 3.8) is 0 Å². The minimum absolute atomic E-state index is 0.369. The maximum absolute atomic E-state index is 12.9. The first-order valence-electron chi connectivity index (χ1n) is 8.30. The maximum Gasteiger partial charge on any atom is 0.416 e. The molecule has 0 radical (unpaired) electrons. The molecule has 28 heavy (non-hydrogen) atoms. The predicted octanol–water partition coefficient (Wildman–Crippen LogP) is 3.02. The number of halogens is 3. The van der Waals surface area contributed by atoms with E-state index in [9.17, 15) is 26.4 Å². The number of hydrogen-bond donors (Lipinski definition) is 1. The lowest BCUT2D eigenvalue weighted by molar-refractivity contribution is -0.137. The van der Waals surface area contributed by atoms with E-state index in [-0.39, 0.29) is 0 Å². The molecule has 0 saturated heterocycles. The van der Waals surface area contributed by atoms with Crippen molar-refractivity contribution in [2.24, 2.45) is 5.73 Å². The molecule has 0 bridgehead atoms. The number of ketones is 1. The molecule has 148 valence electrons. The van der Waals surface area contributed by atoms with Crippen molar-refractivity contribution in [3.05, 3.63) is 82.9 Å². The lowest BCUT2D eigenvalue weighted by atomic mass is 10.0. The number of ether oxygens (including phenoxy) is 1. The fourth-order valence-corrected chi connectivity index (χ4v) is 3.53. The smallest absolute Gasteiger partial charge is 0.416 e. The minimum atomic E-state index is -4.72. The topological polar surface area (TPSA) is 95.7 Å². The third kappa shape index (κ3) is 4.28. The van der Waals surface area contributed by atoms with Crippen LogP contribution in [0.4, 0.5) is 13.2 Å². The number of carbonyl (C=O) groups excluding carboxylic acids is 1. The highest BCUT2D eigenvalue weighted by atomic mass is 32.2. The number of alkyl halides is 3. The average molecular weight is 414 g/mol. The van der Waals surface area contributed by atoms with Crippen LogP contribution >= 0.6 is 0 Å². The molecule has 2 aromatic carbocycles. The van der Waals surface area contributed by atoms with E-state index in [0.29, 0.717) is 11.6 Å². The molecule has 6 nitrogen and oxygen atoms in total. The van der Waals surface area contributed by atoms with Crippen molar-refractivity contribution < 1.29 is 36.7 Å². The molecule has 1 aliphatic rings. The second-order valence-corrected chi connectivity index (χ2v) is 7.37. The van der Waals surface area contributed by atoms with E-state index in [1.54, 1.807) is 18.2 Å². The van der Waals surface area contributed by atoms with Crippen molar-refractivity contribution in [1.29, 1.82) is 0 Å². The normalized spacial score (nSPS) is 20.7. The van der Waals surface area contributed by atoms with Crippen LogP contribution in [0.2, 0.25) is 0 Å². The Kier molecular flexibility index (Phi) is 4.71. The first kappa shape index (κ1) is 18.4. The summed E-state index contributed by atoms with van der Waals surface area (Å²) in [7, 11) is -4.35. The van der Waals surface area contributed by atoms with E-state index in [2.05, 4.69) is 0 Å². The highest BCUT2D eigenvalue weighted by molar-refractivity contribution is 7.86. The molecular weight excluding hydrogens is 399 g/mol. The lowest BCUT2D eigenvalue weighted by Gasteiger charge is -2.13. The number of Topliss-reactive ketones (excluding diaryl/α,β-unsaturated/α-hetero) is 1. The van der Waals surface area contributed by atoms with Gasteiger partial charge < -0.3 is 14.7 Å². The Morgan fingerprint density at radius 3 is 2.46 bits per heavy atom. The number of benzene rings is 2. The molecule has 10 heteroatoms. The summed E-state index contributed by atoms with van der Waals surface area (Å²) < 4.78 is 81.2. The summed E-state index contributed by atoms with van der Waals surface area (Å²) in [5, 5.41) is 0. The second kappa shape index (κ2) is 7.19. The van der Waals surface area contributed by atoms with Crippen molar-refractivity contribution in [2.45, 2.75) is 18.0 Å². The van der Waals surface area contributed by atoms with Gasteiger partial charge in [0.25, 0.3) is 0 Å². The van der Waals surface area contributed by atoms with Crippen LogP contribution in [0.3, 0.4) is 0 Å². The van der Waals surface area contributed by atoms with Crippen molar-refractivity contribution >= 4 is 15.9 Å². The minimum Gasteiger partial charge on any atom is -0.460 e. The van der Waals surface area contributed by atoms with Crippen molar-refractivity contribution in [1.82, 2.24) is 0 Å². The Bertz CT molecular complexity index is 1090. The van der Waals surface area contributed by atoms with E-state index in [0.717, 1.165) is 18.2 Å². The number of rotatable bonds is 5. The van der Waals surface area contributed by atoms with Crippen LogP contribution in [0, 0.1) is 0 Å². The SMILES string of the molecule is [2H][C@]1(c2cccc(C(F)(F)F)c2)OC(N)=C(OS(=O)(=O)Cc2ccccc2)C1=O.